The van der Waals surface area contributed by atoms with Crippen molar-refractivity contribution in [3.05, 3.63) is 83.6 Å². The molecule has 0 saturated heterocycles. The predicted molar refractivity (Wildman–Crippen MR) is 95.8 cm³/mol. The van der Waals surface area contributed by atoms with Crippen LogP contribution < -0.4 is 5.43 Å². The van der Waals surface area contributed by atoms with E-state index in [4.69, 9.17) is 4.42 Å². The van der Waals surface area contributed by atoms with Crippen LogP contribution in [-0.2, 0) is 6.18 Å². The lowest BCUT2D eigenvalue weighted by Gasteiger charge is -2.07. The number of rotatable bonds is 5. The van der Waals surface area contributed by atoms with E-state index in [9.17, 15) is 18.0 Å². The van der Waals surface area contributed by atoms with Gasteiger partial charge >= 0.3 is 6.18 Å². The van der Waals surface area contributed by atoms with Gasteiger partial charge in [-0.1, -0.05) is 36.0 Å². The molecule has 0 aliphatic carbocycles. The molecule has 2 aromatic carbocycles. The second-order valence-electron chi connectivity index (χ2n) is 5.35. The number of carbonyl (C=O) groups excluding carboxylic acids is 1. The second kappa shape index (κ2) is 8.13. The minimum Gasteiger partial charge on any atom is -0.448 e. The van der Waals surface area contributed by atoms with Gasteiger partial charge in [0.05, 0.1) is 11.8 Å². The fourth-order valence-electron chi connectivity index (χ4n) is 2.12. The zero-order valence-corrected chi connectivity index (χ0v) is 14.6. The van der Waals surface area contributed by atoms with E-state index >= 15 is 0 Å². The Bertz CT molecular complexity index is 953. The molecule has 1 amide bonds. The molecule has 27 heavy (non-hydrogen) atoms. The van der Waals surface area contributed by atoms with E-state index in [0.29, 0.717) is 10.9 Å². The molecule has 138 valence electrons. The maximum absolute atomic E-state index is 12.7. The normalized spacial score (nSPS) is 11.7. The van der Waals surface area contributed by atoms with Gasteiger partial charge in [-0.15, -0.1) is 0 Å². The first-order chi connectivity index (χ1) is 12.9. The molecule has 0 unspecified atom stereocenters. The number of hydrogen-bond acceptors (Lipinski definition) is 4. The highest BCUT2D eigenvalue weighted by atomic mass is 32.2. The summed E-state index contributed by atoms with van der Waals surface area (Å²) in [6.07, 6.45) is -3.24. The van der Waals surface area contributed by atoms with Gasteiger partial charge in [-0.05, 0) is 42.5 Å². The number of nitrogens with one attached hydrogen (secondary N) is 1. The lowest BCUT2D eigenvalue weighted by molar-refractivity contribution is -0.137. The third kappa shape index (κ3) is 5.24. The molecule has 0 saturated carbocycles. The molecule has 0 radical (unpaired) electrons. The van der Waals surface area contributed by atoms with Gasteiger partial charge in [0.15, 0.2) is 5.09 Å². The summed E-state index contributed by atoms with van der Waals surface area (Å²) in [5, 5.41) is 4.37. The number of amides is 1. The maximum atomic E-state index is 12.7. The van der Waals surface area contributed by atoms with Crippen molar-refractivity contribution in [2.75, 3.05) is 0 Å². The first-order valence-corrected chi connectivity index (χ1v) is 8.57. The summed E-state index contributed by atoms with van der Waals surface area (Å²) in [4.78, 5) is 12.9. The van der Waals surface area contributed by atoms with Crippen molar-refractivity contribution >= 4 is 23.9 Å². The number of alkyl halides is 3. The average molecular weight is 390 g/mol. The Kier molecular flexibility index (Phi) is 5.66. The van der Waals surface area contributed by atoms with E-state index < -0.39 is 17.6 Å². The van der Waals surface area contributed by atoms with Crippen molar-refractivity contribution in [1.82, 2.24) is 5.43 Å². The number of halogens is 3. The second-order valence-corrected chi connectivity index (χ2v) is 6.43. The first-order valence-electron chi connectivity index (χ1n) is 7.75. The van der Waals surface area contributed by atoms with E-state index in [0.717, 1.165) is 17.0 Å². The van der Waals surface area contributed by atoms with Crippen LogP contribution in [0.25, 0.3) is 0 Å². The zero-order chi connectivity index (χ0) is 19.3. The number of nitrogens with zero attached hydrogens (tertiary/aromatic N) is 1. The lowest BCUT2D eigenvalue weighted by atomic mass is 10.1. The molecular formula is C19H13F3N2O2S. The van der Waals surface area contributed by atoms with Crippen LogP contribution in [0.4, 0.5) is 13.2 Å². The number of benzene rings is 2. The van der Waals surface area contributed by atoms with Gasteiger partial charge in [0.1, 0.15) is 5.76 Å². The molecule has 1 aromatic heterocycles. The third-order valence-corrected chi connectivity index (χ3v) is 4.30. The zero-order valence-electron chi connectivity index (χ0n) is 13.7. The Balaban J connectivity index is 1.60. The van der Waals surface area contributed by atoms with Crippen molar-refractivity contribution in [1.29, 1.82) is 0 Å². The van der Waals surface area contributed by atoms with Gasteiger partial charge in [-0.2, -0.15) is 18.3 Å². The van der Waals surface area contributed by atoms with Crippen LogP contribution >= 0.6 is 11.8 Å². The van der Waals surface area contributed by atoms with E-state index in [1.807, 2.05) is 30.3 Å². The molecule has 0 fully saturated rings. The topological polar surface area (TPSA) is 54.6 Å². The number of hydrogen-bond donors (Lipinski definition) is 1. The van der Waals surface area contributed by atoms with Crippen LogP contribution in [0.5, 0.6) is 0 Å². The van der Waals surface area contributed by atoms with Crippen LogP contribution in [0.1, 0.15) is 21.7 Å². The van der Waals surface area contributed by atoms with Gasteiger partial charge < -0.3 is 4.42 Å². The molecule has 1 heterocycles. The molecule has 8 heteroatoms. The molecule has 0 aliphatic rings. The Morgan fingerprint density at radius 2 is 1.81 bits per heavy atom. The van der Waals surface area contributed by atoms with Crippen LogP contribution in [0, 0.1) is 0 Å². The van der Waals surface area contributed by atoms with Crippen LogP contribution in [-0.4, -0.2) is 12.1 Å². The fraction of sp³-hybridized carbons (Fsp3) is 0.0526. The highest BCUT2D eigenvalue weighted by Gasteiger charge is 2.30. The Labute approximate surface area is 157 Å². The van der Waals surface area contributed by atoms with Crippen molar-refractivity contribution in [2.45, 2.75) is 16.2 Å². The van der Waals surface area contributed by atoms with Gasteiger partial charge in [-0.3, -0.25) is 4.79 Å². The summed E-state index contributed by atoms with van der Waals surface area (Å²) in [6.45, 7) is 0. The Hall–Kier alpha value is -3.00. The van der Waals surface area contributed by atoms with E-state index in [1.54, 1.807) is 12.1 Å². The van der Waals surface area contributed by atoms with E-state index in [1.165, 1.54) is 30.1 Å². The van der Waals surface area contributed by atoms with Gasteiger partial charge in [0, 0.05) is 10.5 Å². The molecule has 0 spiro atoms. The van der Waals surface area contributed by atoms with Crippen molar-refractivity contribution in [3.63, 3.8) is 0 Å². The SMILES string of the molecule is O=C(NN=Cc1ccc(Sc2ccccc2)o1)c1cccc(C(F)(F)F)c1. The monoisotopic (exact) mass is 390 g/mol. The minimum absolute atomic E-state index is 0.137. The predicted octanol–water partition coefficient (Wildman–Crippen LogP) is 5.21. The highest BCUT2D eigenvalue weighted by Crippen LogP contribution is 2.30. The average Bonchev–Trinajstić information content (AvgIpc) is 3.09. The van der Waals surface area contributed by atoms with Crippen LogP contribution in [0.15, 0.2) is 86.2 Å². The molecule has 0 bridgehead atoms. The molecule has 4 nitrogen and oxygen atoms in total. The van der Waals surface area contributed by atoms with Crippen molar-refractivity contribution < 1.29 is 22.4 Å². The molecule has 0 atom stereocenters. The minimum atomic E-state index is -4.51. The maximum Gasteiger partial charge on any atom is 0.416 e. The first kappa shape index (κ1) is 18.8. The Morgan fingerprint density at radius 1 is 1.04 bits per heavy atom. The molecule has 1 N–H and O–H groups in total. The third-order valence-electron chi connectivity index (χ3n) is 3.37. The van der Waals surface area contributed by atoms with Crippen LogP contribution in [0.2, 0.25) is 0 Å². The quantitative estimate of drug-likeness (QED) is 0.480. The fourth-order valence-corrected chi connectivity index (χ4v) is 2.92. The van der Waals surface area contributed by atoms with Gasteiger partial charge in [0.25, 0.3) is 5.91 Å². The molecular weight excluding hydrogens is 377 g/mol. The Morgan fingerprint density at radius 3 is 2.56 bits per heavy atom. The molecule has 0 aliphatic heterocycles. The van der Waals surface area contributed by atoms with Crippen LogP contribution in [0.3, 0.4) is 0 Å². The summed E-state index contributed by atoms with van der Waals surface area (Å²) in [5.41, 5.74) is 1.15. The molecule has 3 rings (SSSR count). The summed E-state index contributed by atoms with van der Waals surface area (Å²) in [7, 11) is 0. The molecule has 3 aromatic rings. The van der Waals surface area contributed by atoms with E-state index in [2.05, 4.69) is 10.5 Å². The highest BCUT2D eigenvalue weighted by molar-refractivity contribution is 7.99. The standard InChI is InChI=1S/C19H13F3N2O2S/c20-19(21,22)14-6-4-5-13(11-14)18(25)24-23-12-15-9-10-17(26-15)27-16-7-2-1-3-8-16/h1-12H,(H,24,25). The van der Waals surface area contributed by atoms with Crippen molar-refractivity contribution in [3.8, 4) is 0 Å². The summed E-state index contributed by atoms with van der Waals surface area (Å²) < 4.78 is 43.6. The van der Waals surface area contributed by atoms with Gasteiger partial charge in [-0.25, -0.2) is 5.43 Å². The van der Waals surface area contributed by atoms with Gasteiger partial charge in [0.2, 0.25) is 0 Å². The van der Waals surface area contributed by atoms with E-state index in [-0.39, 0.29) is 5.56 Å². The summed E-state index contributed by atoms with van der Waals surface area (Å²) >= 11 is 1.43. The lowest BCUT2D eigenvalue weighted by Crippen LogP contribution is -2.18. The van der Waals surface area contributed by atoms with Crippen molar-refractivity contribution in [2.24, 2.45) is 5.10 Å². The number of furan rings is 1. The smallest absolute Gasteiger partial charge is 0.416 e. The number of hydrazone groups is 1. The summed E-state index contributed by atoms with van der Waals surface area (Å²) in [5.74, 6) is -0.347. The number of carbonyl (C=O) groups is 1. The largest absolute Gasteiger partial charge is 0.448 e. The summed E-state index contributed by atoms with van der Waals surface area (Å²) in [6, 6.07) is 17.2.